The summed E-state index contributed by atoms with van der Waals surface area (Å²) in [6.07, 6.45) is 7.97. The van der Waals surface area contributed by atoms with Gasteiger partial charge >= 0.3 is 0 Å². The molecule has 5 fully saturated rings. The van der Waals surface area contributed by atoms with Crippen LogP contribution < -0.4 is 0 Å². The van der Waals surface area contributed by atoms with Crippen LogP contribution in [0.15, 0.2) is 30.3 Å². The molecule has 128 valence electrons. The maximum absolute atomic E-state index is 12.9. The molecule has 1 aromatic carbocycles. The van der Waals surface area contributed by atoms with E-state index in [1.165, 1.54) is 42.5 Å². The van der Waals surface area contributed by atoms with Crippen LogP contribution in [0, 0.1) is 28.6 Å². The quantitative estimate of drug-likeness (QED) is 0.777. The fraction of sp³-hybridized carbons (Fsp3) is 0.714. The molecule has 1 aromatic rings. The molecule has 1 atom stereocenters. The zero-order valence-corrected chi connectivity index (χ0v) is 14.9. The predicted molar refractivity (Wildman–Crippen MR) is 94.3 cm³/mol. The smallest absolute Gasteiger partial charge is 0.126 e. The summed E-state index contributed by atoms with van der Waals surface area (Å²) >= 11 is 0. The third-order valence-corrected chi connectivity index (χ3v) is 7.59. The highest BCUT2D eigenvalue weighted by Crippen LogP contribution is 2.57. The minimum Gasteiger partial charge on any atom is -0.126 e. The Morgan fingerprint density at radius 3 is 2.17 bits per heavy atom. The molecule has 3 heteroatoms. The van der Waals surface area contributed by atoms with Crippen LogP contribution in [-0.2, 0) is 6.42 Å². The highest BCUT2D eigenvalue weighted by atomic mass is 16.3. The number of hydrazine groups is 1. The summed E-state index contributed by atoms with van der Waals surface area (Å²) in [4.78, 5) is 14.3. The van der Waals surface area contributed by atoms with Gasteiger partial charge in [0.2, 0.25) is 0 Å². The molecule has 0 N–H and O–H groups in total. The predicted octanol–water partition coefficient (Wildman–Crippen LogP) is 4.21. The Morgan fingerprint density at radius 2 is 1.58 bits per heavy atom. The summed E-state index contributed by atoms with van der Waals surface area (Å²) in [7, 11) is 0. The third kappa shape index (κ3) is 2.02. The zero-order chi connectivity index (χ0) is 16.5. The second-order valence-electron chi connectivity index (χ2n) is 9.43. The topological polar surface area (TPSA) is 23.3 Å². The molecule has 0 radical (unpaired) electrons. The third-order valence-electron chi connectivity index (χ3n) is 7.59. The molecule has 4 bridgehead atoms. The zero-order valence-electron chi connectivity index (χ0n) is 14.9. The molecule has 5 aliphatic rings. The monoisotopic (exact) mass is 325 g/mol. The average molecular weight is 325 g/mol. The molecular weight excluding hydrogens is 296 g/mol. The van der Waals surface area contributed by atoms with Crippen molar-refractivity contribution in [1.82, 2.24) is 5.01 Å². The lowest BCUT2D eigenvalue weighted by Crippen LogP contribution is -2.77. The first kappa shape index (κ1) is 14.9. The van der Waals surface area contributed by atoms with Crippen molar-refractivity contribution < 1.29 is 4.87 Å². The summed E-state index contributed by atoms with van der Waals surface area (Å²) in [5.74, 6) is 3.47. The second kappa shape index (κ2) is 5.06. The molecule has 6 rings (SSSR count). The van der Waals surface area contributed by atoms with Crippen LogP contribution in [-0.4, -0.2) is 27.5 Å². The van der Waals surface area contributed by atoms with E-state index < -0.39 is 0 Å². The maximum Gasteiger partial charge on any atom is 0.264 e. The van der Waals surface area contributed by atoms with Crippen molar-refractivity contribution in [2.45, 2.75) is 70.0 Å². The lowest BCUT2D eigenvalue weighted by Gasteiger charge is -2.59. The van der Waals surface area contributed by atoms with Gasteiger partial charge in [-0.2, -0.15) is 0 Å². The largest absolute Gasteiger partial charge is 0.264 e. The Labute approximate surface area is 145 Å². The first-order chi connectivity index (χ1) is 11.5. The molecule has 0 amide bonds. The van der Waals surface area contributed by atoms with E-state index in [0.29, 0.717) is 12.1 Å². The number of nitrogens with zero attached hydrogens (tertiary/aromatic N) is 2. The van der Waals surface area contributed by atoms with Gasteiger partial charge in [0.15, 0.2) is 6.04 Å². The molecule has 1 heterocycles. The van der Waals surface area contributed by atoms with Gasteiger partial charge in [0.25, 0.3) is 5.54 Å². The number of hydrogen-bond donors (Lipinski definition) is 0. The van der Waals surface area contributed by atoms with Crippen LogP contribution in [0.4, 0.5) is 0 Å². The van der Waals surface area contributed by atoms with Crippen LogP contribution in [0.1, 0.15) is 51.5 Å². The Bertz CT molecular complexity index is 625. The van der Waals surface area contributed by atoms with E-state index in [1.54, 1.807) is 0 Å². The standard InChI is InChI=1S/C21H29N2O/c1-21(2)19(13-14-6-4-3-5-7-14)22(23(21)24)20-17-9-15-8-16(11-17)12-18(20)10-15/h3-7,15-20H,8-13H2,1-2H3/q+1. The highest BCUT2D eigenvalue weighted by molar-refractivity contribution is 5.18. The molecule has 1 saturated heterocycles. The number of hydrogen-bond acceptors (Lipinski definition) is 1. The summed E-state index contributed by atoms with van der Waals surface area (Å²) in [6.45, 7) is 4.25. The van der Waals surface area contributed by atoms with Crippen LogP contribution in [0.3, 0.4) is 0 Å². The molecule has 0 aromatic heterocycles. The summed E-state index contributed by atoms with van der Waals surface area (Å²) in [6, 6.07) is 11.6. The van der Waals surface area contributed by atoms with Gasteiger partial charge in [-0.15, -0.1) is 5.01 Å². The first-order valence-corrected chi connectivity index (χ1v) is 9.83. The number of nitroso groups, excluding NO2 is 1. The molecule has 3 nitrogen and oxygen atoms in total. The number of benzene rings is 1. The van der Waals surface area contributed by atoms with E-state index in [2.05, 4.69) is 49.2 Å². The number of rotatable bonds is 3. The normalized spacial score (nSPS) is 42.2. The van der Waals surface area contributed by atoms with Gasteiger partial charge in [-0.05, 0) is 61.3 Å². The van der Waals surface area contributed by atoms with E-state index in [9.17, 15) is 4.91 Å². The van der Waals surface area contributed by atoms with Crippen LogP contribution >= 0.6 is 0 Å². The van der Waals surface area contributed by atoms with Gasteiger partial charge in [-0.3, -0.25) is 0 Å². The molecule has 1 unspecified atom stereocenters. The van der Waals surface area contributed by atoms with Crippen molar-refractivity contribution in [1.29, 1.82) is 0 Å². The van der Waals surface area contributed by atoms with Gasteiger partial charge in [-0.25, -0.2) is 0 Å². The van der Waals surface area contributed by atoms with E-state index in [-0.39, 0.29) is 5.54 Å². The van der Waals surface area contributed by atoms with Crippen molar-refractivity contribution in [3.05, 3.63) is 40.8 Å². The Hall–Kier alpha value is -1.38. The van der Waals surface area contributed by atoms with Gasteiger partial charge < -0.3 is 0 Å². The van der Waals surface area contributed by atoms with Crippen molar-refractivity contribution in [2.75, 3.05) is 0 Å². The van der Waals surface area contributed by atoms with E-state index in [4.69, 9.17) is 0 Å². The second-order valence-corrected chi connectivity index (χ2v) is 9.43. The van der Waals surface area contributed by atoms with Gasteiger partial charge in [-0.1, -0.05) is 30.3 Å². The summed E-state index contributed by atoms with van der Waals surface area (Å²) in [5, 5.41) is 2.28. The van der Waals surface area contributed by atoms with Gasteiger partial charge in [0.1, 0.15) is 4.87 Å². The van der Waals surface area contributed by atoms with Gasteiger partial charge in [0, 0.05) is 20.3 Å². The van der Waals surface area contributed by atoms with E-state index >= 15 is 0 Å². The summed E-state index contributed by atoms with van der Waals surface area (Å²) < 4.78 is 0. The van der Waals surface area contributed by atoms with Crippen molar-refractivity contribution >= 4 is 0 Å². The first-order valence-electron chi connectivity index (χ1n) is 9.83. The Balaban J connectivity index is 1.43. The SMILES string of the molecule is CC1(C)C(Cc2ccccc2)N(C2C3CC4CC(C3)CC2C4)[N+]1=O. The fourth-order valence-electron chi connectivity index (χ4n) is 6.66. The molecule has 24 heavy (non-hydrogen) atoms. The fourth-order valence-corrected chi connectivity index (χ4v) is 6.66. The van der Waals surface area contributed by atoms with Crippen molar-refractivity contribution in [3.63, 3.8) is 0 Å². The highest BCUT2D eigenvalue weighted by Gasteiger charge is 2.69. The Kier molecular flexibility index (Phi) is 3.15. The van der Waals surface area contributed by atoms with Crippen LogP contribution in [0.2, 0.25) is 0 Å². The lowest BCUT2D eigenvalue weighted by atomic mass is 9.53. The Morgan fingerprint density at radius 1 is 1.00 bits per heavy atom. The van der Waals surface area contributed by atoms with Crippen molar-refractivity contribution in [3.8, 4) is 0 Å². The molecule has 1 aliphatic heterocycles. The van der Waals surface area contributed by atoms with Crippen LogP contribution in [0.5, 0.6) is 0 Å². The lowest BCUT2D eigenvalue weighted by molar-refractivity contribution is -0.853. The average Bonchev–Trinajstić information content (AvgIpc) is 2.56. The summed E-state index contributed by atoms with van der Waals surface area (Å²) in [5.41, 5.74) is 1.09. The molecule has 0 spiro atoms. The van der Waals surface area contributed by atoms with Crippen molar-refractivity contribution in [2.24, 2.45) is 23.7 Å². The van der Waals surface area contributed by atoms with E-state index in [1.807, 2.05) is 0 Å². The maximum atomic E-state index is 12.9. The molecule has 4 aliphatic carbocycles. The molecule has 4 saturated carbocycles. The minimum atomic E-state index is -0.273. The molecular formula is C21H29N2O+. The minimum absolute atomic E-state index is 0.273. The van der Waals surface area contributed by atoms with Crippen LogP contribution in [0.25, 0.3) is 0 Å². The van der Waals surface area contributed by atoms with E-state index in [0.717, 1.165) is 30.1 Å². The van der Waals surface area contributed by atoms with Gasteiger partial charge in [0.05, 0.1) is 10.9 Å².